The van der Waals surface area contributed by atoms with Crippen LogP contribution in [0.25, 0.3) is 0 Å². The fraction of sp³-hybridized carbons (Fsp3) is 0.375. The third-order valence-corrected chi connectivity index (χ3v) is 5.03. The molecule has 0 atom stereocenters. The molecule has 0 unspecified atom stereocenters. The Morgan fingerprint density at radius 1 is 1.21 bits per heavy atom. The molecule has 1 aromatic carbocycles. The van der Waals surface area contributed by atoms with Crippen molar-refractivity contribution in [3.05, 3.63) is 20.9 Å². The van der Waals surface area contributed by atoms with Crippen LogP contribution >= 0.6 is 22.6 Å². The Labute approximate surface area is 153 Å². The molecule has 1 aliphatic heterocycles. The summed E-state index contributed by atoms with van der Waals surface area (Å²) in [6, 6.07) is 0. The number of aromatic nitrogens is 2. The molecule has 7 nitrogen and oxygen atoms in total. The van der Waals surface area contributed by atoms with Crippen LogP contribution in [0.3, 0.4) is 0 Å². The lowest BCUT2D eigenvalue weighted by Gasteiger charge is -2.27. The van der Waals surface area contributed by atoms with Gasteiger partial charge < -0.3 is 25.7 Å². The maximum atomic E-state index is 6.09. The zero-order valence-electron chi connectivity index (χ0n) is 13.7. The number of anilines is 2. The van der Waals surface area contributed by atoms with Crippen molar-refractivity contribution >= 4 is 34.4 Å². The molecule has 1 aromatic heterocycles. The molecule has 8 heteroatoms. The Bertz CT molecular complexity index is 796. The molecule has 0 spiro atoms. The van der Waals surface area contributed by atoms with E-state index >= 15 is 0 Å². The molecule has 24 heavy (non-hydrogen) atoms. The lowest BCUT2D eigenvalue weighted by atomic mass is 9.97. The van der Waals surface area contributed by atoms with Crippen LogP contribution in [0.1, 0.15) is 30.9 Å². The summed E-state index contributed by atoms with van der Waals surface area (Å²) in [5.41, 5.74) is 13.4. The highest BCUT2D eigenvalue weighted by atomic mass is 127. The first-order valence-corrected chi connectivity index (χ1v) is 8.65. The lowest BCUT2D eigenvalue weighted by molar-refractivity contribution is 0.167. The minimum atomic E-state index is 0.109. The second kappa shape index (κ2) is 6.50. The van der Waals surface area contributed by atoms with Gasteiger partial charge in [0.25, 0.3) is 0 Å². The van der Waals surface area contributed by atoms with Gasteiger partial charge in [0.15, 0.2) is 23.1 Å². The molecule has 0 aliphatic carbocycles. The summed E-state index contributed by atoms with van der Waals surface area (Å²) in [5, 5.41) is 0. The van der Waals surface area contributed by atoms with Gasteiger partial charge in [-0.1, -0.05) is 13.8 Å². The van der Waals surface area contributed by atoms with Gasteiger partial charge in [-0.15, -0.1) is 0 Å². The average molecular weight is 442 g/mol. The Morgan fingerprint density at radius 2 is 1.88 bits per heavy atom. The zero-order chi connectivity index (χ0) is 17.4. The minimum Gasteiger partial charge on any atom is -0.486 e. The van der Waals surface area contributed by atoms with Gasteiger partial charge in [0.1, 0.15) is 19.0 Å². The van der Waals surface area contributed by atoms with Crippen molar-refractivity contribution in [1.82, 2.24) is 9.97 Å². The van der Waals surface area contributed by atoms with E-state index < -0.39 is 0 Å². The summed E-state index contributed by atoms with van der Waals surface area (Å²) in [4.78, 5) is 7.90. The van der Waals surface area contributed by atoms with Crippen molar-refractivity contribution in [3.8, 4) is 23.0 Å². The molecule has 1 aliphatic rings. The number of nitrogen functional groups attached to an aromatic ring is 2. The first-order chi connectivity index (χ1) is 11.4. The molecule has 0 saturated heterocycles. The summed E-state index contributed by atoms with van der Waals surface area (Å²) in [6.45, 7) is 7.19. The number of nitrogens with two attached hydrogens (primary N) is 2. The maximum Gasteiger partial charge on any atom is 0.222 e. The maximum absolute atomic E-state index is 6.09. The smallest absolute Gasteiger partial charge is 0.222 e. The highest BCUT2D eigenvalue weighted by molar-refractivity contribution is 14.1. The Hall–Kier alpha value is -1.97. The molecule has 4 N–H and O–H groups in total. The van der Waals surface area contributed by atoms with E-state index in [9.17, 15) is 0 Å². The van der Waals surface area contributed by atoms with Crippen molar-refractivity contribution in [2.24, 2.45) is 0 Å². The van der Waals surface area contributed by atoms with Crippen LogP contribution in [0.4, 0.5) is 11.8 Å². The fourth-order valence-electron chi connectivity index (χ4n) is 2.60. The minimum absolute atomic E-state index is 0.109. The van der Waals surface area contributed by atoms with E-state index in [4.69, 9.17) is 25.7 Å². The van der Waals surface area contributed by atoms with Crippen LogP contribution in [0.5, 0.6) is 23.0 Å². The van der Waals surface area contributed by atoms with E-state index in [0.29, 0.717) is 24.7 Å². The van der Waals surface area contributed by atoms with Gasteiger partial charge in [-0.25, -0.2) is 4.98 Å². The summed E-state index contributed by atoms with van der Waals surface area (Å²) >= 11 is 2.24. The zero-order valence-corrected chi connectivity index (χ0v) is 15.9. The molecule has 0 bridgehead atoms. The summed E-state index contributed by atoms with van der Waals surface area (Å²) < 4.78 is 18.7. The van der Waals surface area contributed by atoms with E-state index in [1.54, 1.807) is 0 Å². The van der Waals surface area contributed by atoms with E-state index in [0.717, 1.165) is 26.2 Å². The highest BCUT2D eigenvalue weighted by Gasteiger charge is 2.29. The Kier molecular flexibility index (Phi) is 4.57. The second-order valence-electron chi connectivity index (χ2n) is 5.77. The number of hydrogen-bond donors (Lipinski definition) is 2. The first-order valence-electron chi connectivity index (χ1n) is 7.57. The van der Waals surface area contributed by atoms with Gasteiger partial charge in [-0.05, 0) is 35.4 Å². The van der Waals surface area contributed by atoms with Gasteiger partial charge in [-0.3, -0.25) is 0 Å². The second-order valence-corrected chi connectivity index (χ2v) is 6.85. The van der Waals surface area contributed by atoms with E-state index in [-0.39, 0.29) is 17.7 Å². The quantitative estimate of drug-likeness (QED) is 0.704. The predicted molar refractivity (Wildman–Crippen MR) is 99.9 cm³/mol. The molecule has 2 aromatic rings. The number of rotatable bonds is 3. The summed E-state index contributed by atoms with van der Waals surface area (Å²) in [7, 11) is 0. The van der Waals surface area contributed by atoms with Gasteiger partial charge in [0.2, 0.25) is 5.95 Å². The largest absolute Gasteiger partial charge is 0.486 e. The van der Waals surface area contributed by atoms with Crippen LogP contribution in [-0.2, 0) is 0 Å². The number of hydrogen-bond acceptors (Lipinski definition) is 7. The van der Waals surface area contributed by atoms with Crippen LogP contribution in [0.2, 0.25) is 0 Å². The van der Waals surface area contributed by atoms with E-state index in [1.165, 1.54) is 6.20 Å². The predicted octanol–water partition coefficient (Wildman–Crippen LogP) is 3.24. The first kappa shape index (κ1) is 16.9. The molecule has 0 fully saturated rings. The van der Waals surface area contributed by atoms with Crippen molar-refractivity contribution in [2.45, 2.75) is 26.7 Å². The molecule has 128 valence electrons. The van der Waals surface area contributed by atoms with Crippen molar-refractivity contribution in [3.63, 3.8) is 0 Å². The lowest BCUT2D eigenvalue weighted by Crippen LogP contribution is -2.19. The van der Waals surface area contributed by atoms with Crippen molar-refractivity contribution in [2.75, 3.05) is 24.7 Å². The molecule has 0 radical (unpaired) electrons. The number of benzene rings is 1. The topological polar surface area (TPSA) is 106 Å². The summed E-state index contributed by atoms with van der Waals surface area (Å²) in [6.07, 6.45) is 1.48. The SMILES string of the molecule is Cc1c(I)c2c(c(C(C)C)c1Oc1cnc(N)nc1N)OCCO2. The van der Waals surface area contributed by atoms with Crippen LogP contribution in [-0.4, -0.2) is 23.2 Å². The third-order valence-electron chi connectivity index (χ3n) is 3.73. The van der Waals surface area contributed by atoms with Crippen LogP contribution in [0, 0.1) is 10.5 Å². The molecular formula is C16H19IN4O3. The number of ether oxygens (including phenoxy) is 3. The monoisotopic (exact) mass is 442 g/mol. The van der Waals surface area contributed by atoms with Crippen molar-refractivity contribution < 1.29 is 14.2 Å². The average Bonchev–Trinajstić information content (AvgIpc) is 2.54. The van der Waals surface area contributed by atoms with E-state index in [2.05, 4.69) is 46.4 Å². The Morgan fingerprint density at radius 3 is 2.50 bits per heavy atom. The normalized spacial score (nSPS) is 13.2. The number of nitrogens with zero attached hydrogens (tertiary/aromatic N) is 2. The van der Waals surface area contributed by atoms with Gasteiger partial charge >= 0.3 is 0 Å². The van der Waals surface area contributed by atoms with Crippen molar-refractivity contribution in [1.29, 1.82) is 0 Å². The molecule has 2 heterocycles. The van der Waals surface area contributed by atoms with Gasteiger partial charge in [0.05, 0.1) is 9.77 Å². The highest BCUT2D eigenvalue weighted by Crippen LogP contribution is 2.50. The van der Waals surface area contributed by atoms with Crippen LogP contribution < -0.4 is 25.7 Å². The standard InChI is InChI=1S/C16H19IN4O3/c1-7(2)10-12(24-9-6-20-16(19)21-15(9)18)8(3)11(17)14-13(10)22-4-5-23-14/h6-7H,4-5H2,1-3H3,(H4,18,19,20,21). The fourth-order valence-corrected chi connectivity index (χ4v) is 3.25. The molecule has 0 amide bonds. The summed E-state index contributed by atoms with van der Waals surface area (Å²) in [5.74, 6) is 3.04. The number of fused-ring (bicyclic) bond motifs is 1. The third kappa shape index (κ3) is 2.90. The molecular weight excluding hydrogens is 423 g/mol. The van der Waals surface area contributed by atoms with Crippen LogP contribution in [0.15, 0.2) is 6.20 Å². The molecule has 0 saturated carbocycles. The molecule has 3 rings (SSSR count). The number of halogens is 1. The Balaban J connectivity index is 2.17. The van der Waals surface area contributed by atoms with Gasteiger partial charge in [-0.2, -0.15) is 4.98 Å². The van der Waals surface area contributed by atoms with Gasteiger partial charge in [0, 0.05) is 11.1 Å². The van der Waals surface area contributed by atoms with E-state index in [1.807, 2.05) is 6.92 Å².